The van der Waals surface area contributed by atoms with Crippen LogP contribution < -0.4 is 10.1 Å². The molecule has 0 spiro atoms. The third-order valence-electron chi connectivity index (χ3n) is 5.26. The molecule has 1 aliphatic rings. The minimum atomic E-state index is -0.0551. The zero-order valence-corrected chi connectivity index (χ0v) is 18.6. The monoisotopic (exact) mass is 421 g/mol. The number of likely N-dealkylation sites (N-methyl/N-ethyl adjacent to an activating group) is 1. The van der Waals surface area contributed by atoms with Crippen LogP contribution in [0.4, 0.5) is 0 Å². The van der Waals surface area contributed by atoms with Gasteiger partial charge in [-0.15, -0.1) is 11.3 Å². The van der Waals surface area contributed by atoms with Crippen molar-refractivity contribution in [2.75, 3.05) is 60.5 Å². The van der Waals surface area contributed by atoms with Crippen molar-refractivity contribution < 1.29 is 14.3 Å². The molecule has 9 heteroatoms. The molecule has 0 radical (unpaired) electrons. The van der Waals surface area contributed by atoms with E-state index in [-0.39, 0.29) is 5.91 Å². The van der Waals surface area contributed by atoms with Crippen LogP contribution >= 0.6 is 11.3 Å². The summed E-state index contributed by atoms with van der Waals surface area (Å²) in [7, 11) is 5.35. The summed E-state index contributed by atoms with van der Waals surface area (Å²) in [6, 6.07) is 0. The highest BCUT2D eigenvalue weighted by Crippen LogP contribution is 2.35. The molecule has 160 valence electrons. The first-order valence-corrected chi connectivity index (χ1v) is 10.9. The van der Waals surface area contributed by atoms with Crippen molar-refractivity contribution in [1.82, 2.24) is 25.1 Å². The van der Waals surface area contributed by atoms with Crippen LogP contribution in [0.25, 0.3) is 10.2 Å². The maximum Gasteiger partial charge on any atom is 0.261 e. The van der Waals surface area contributed by atoms with Crippen LogP contribution in [0.5, 0.6) is 5.88 Å². The lowest BCUT2D eigenvalue weighted by atomic mass is 10.2. The Balaban J connectivity index is 1.55. The second-order valence-electron chi connectivity index (χ2n) is 7.43. The number of methoxy groups -OCH3 is 2. The predicted octanol–water partition coefficient (Wildman–Crippen LogP) is 1.91. The lowest BCUT2D eigenvalue weighted by Crippen LogP contribution is -2.44. The van der Waals surface area contributed by atoms with Gasteiger partial charge in [0.05, 0.1) is 17.4 Å². The van der Waals surface area contributed by atoms with Crippen LogP contribution in [0.2, 0.25) is 0 Å². The molecule has 2 aromatic heterocycles. The molecule has 1 amide bonds. The number of aryl methyl sites for hydroxylation is 1. The summed E-state index contributed by atoms with van der Waals surface area (Å²) >= 11 is 1.38. The van der Waals surface area contributed by atoms with Crippen molar-refractivity contribution in [2.45, 2.75) is 26.4 Å². The number of unbranched alkanes of at least 4 members (excludes halogenated alkanes) is 1. The number of carbonyl (C=O) groups is 1. The minimum absolute atomic E-state index is 0.0551. The molecule has 29 heavy (non-hydrogen) atoms. The fourth-order valence-electron chi connectivity index (χ4n) is 3.52. The number of hydrogen-bond acceptors (Lipinski definition) is 8. The van der Waals surface area contributed by atoms with E-state index in [9.17, 15) is 4.79 Å². The van der Waals surface area contributed by atoms with Gasteiger partial charge < -0.3 is 24.6 Å². The molecule has 0 aromatic carbocycles. The molecule has 0 atom stereocenters. The Bertz CT molecular complexity index is 833. The summed E-state index contributed by atoms with van der Waals surface area (Å²) in [5.74, 6) is 0.983. The number of amides is 1. The van der Waals surface area contributed by atoms with Crippen molar-refractivity contribution in [1.29, 1.82) is 0 Å². The SMILES string of the molecule is COCc1nc(OC)c2c(C)c(C(=O)NCCCCN3CCN(C)CC3)sc2n1. The summed E-state index contributed by atoms with van der Waals surface area (Å²) in [5, 5.41) is 3.86. The normalized spacial score (nSPS) is 15.7. The van der Waals surface area contributed by atoms with E-state index >= 15 is 0 Å². The van der Waals surface area contributed by atoms with E-state index in [1.807, 2.05) is 6.92 Å². The van der Waals surface area contributed by atoms with Gasteiger partial charge >= 0.3 is 0 Å². The number of ether oxygens (including phenoxy) is 2. The van der Waals surface area contributed by atoms with E-state index in [1.54, 1.807) is 14.2 Å². The van der Waals surface area contributed by atoms with Gasteiger partial charge in [0.15, 0.2) is 5.82 Å². The highest BCUT2D eigenvalue weighted by Gasteiger charge is 2.21. The molecular weight excluding hydrogens is 390 g/mol. The quantitative estimate of drug-likeness (QED) is 0.620. The molecule has 0 unspecified atom stereocenters. The summed E-state index contributed by atoms with van der Waals surface area (Å²) in [5.41, 5.74) is 0.862. The fourth-order valence-corrected chi connectivity index (χ4v) is 4.62. The lowest BCUT2D eigenvalue weighted by molar-refractivity contribution is 0.0955. The summed E-state index contributed by atoms with van der Waals surface area (Å²) in [6.45, 7) is 8.55. The van der Waals surface area contributed by atoms with Crippen molar-refractivity contribution in [3.8, 4) is 5.88 Å². The van der Waals surface area contributed by atoms with Gasteiger partial charge in [0.2, 0.25) is 5.88 Å². The average molecular weight is 422 g/mol. The van der Waals surface area contributed by atoms with Crippen molar-refractivity contribution in [3.63, 3.8) is 0 Å². The van der Waals surface area contributed by atoms with Crippen molar-refractivity contribution in [3.05, 3.63) is 16.3 Å². The molecular formula is C20H31N5O3S. The van der Waals surface area contributed by atoms with E-state index < -0.39 is 0 Å². The zero-order valence-electron chi connectivity index (χ0n) is 17.8. The number of piperazine rings is 1. The van der Waals surface area contributed by atoms with Gasteiger partial charge in [-0.3, -0.25) is 4.79 Å². The number of thiophene rings is 1. The van der Waals surface area contributed by atoms with Gasteiger partial charge in [0.25, 0.3) is 5.91 Å². The molecule has 0 bridgehead atoms. The van der Waals surface area contributed by atoms with Gasteiger partial charge in [-0.05, 0) is 38.9 Å². The van der Waals surface area contributed by atoms with Crippen LogP contribution in [0, 0.1) is 6.92 Å². The smallest absolute Gasteiger partial charge is 0.261 e. The van der Waals surface area contributed by atoms with Gasteiger partial charge in [-0.2, -0.15) is 4.98 Å². The van der Waals surface area contributed by atoms with E-state index in [2.05, 4.69) is 32.1 Å². The molecule has 1 saturated heterocycles. The molecule has 1 aliphatic heterocycles. The molecule has 0 saturated carbocycles. The fraction of sp³-hybridized carbons (Fsp3) is 0.650. The molecule has 1 fully saturated rings. The third kappa shape index (κ3) is 5.42. The number of hydrogen-bond donors (Lipinski definition) is 1. The Labute approximate surface area is 176 Å². The number of fused-ring (bicyclic) bond motifs is 1. The lowest BCUT2D eigenvalue weighted by Gasteiger charge is -2.32. The second-order valence-corrected chi connectivity index (χ2v) is 8.43. The maximum atomic E-state index is 12.7. The van der Waals surface area contributed by atoms with Crippen LogP contribution in [0.3, 0.4) is 0 Å². The molecule has 2 aromatic rings. The number of nitrogens with zero attached hydrogens (tertiary/aromatic N) is 4. The standard InChI is InChI=1S/C20H31N5O3S/c1-14-16-19(28-4)22-15(13-27-3)23-20(16)29-17(14)18(26)21-7-5-6-8-25-11-9-24(2)10-12-25/h5-13H2,1-4H3,(H,21,26). The highest BCUT2D eigenvalue weighted by atomic mass is 32.1. The maximum absolute atomic E-state index is 12.7. The van der Waals surface area contributed by atoms with Crippen molar-refractivity contribution in [2.24, 2.45) is 0 Å². The predicted molar refractivity (Wildman–Crippen MR) is 115 cm³/mol. The van der Waals surface area contributed by atoms with Gasteiger partial charge in [-0.25, -0.2) is 4.98 Å². The number of aromatic nitrogens is 2. The van der Waals surface area contributed by atoms with E-state index in [4.69, 9.17) is 9.47 Å². The Morgan fingerprint density at radius 2 is 1.93 bits per heavy atom. The van der Waals surface area contributed by atoms with E-state index in [0.29, 0.717) is 29.7 Å². The third-order valence-corrected chi connectivity index (χ3v) is 6.44. The molecule has 3 heterocycles. The minimum Gasteiger partial charge on any atom is -0.480 e. The van der Waals surface area contributed by atoms with Gasteiger partial charge in [-0.1, -0.05) is 0 Å². The molecule has 8 nitrogen and oxygen atoms in total. The first-order chi connectivity index (χ1) is 14.0. The van der Waals surface area contributed by atoms with Crippen LogP contribution in [0.1, 0.15) is 33.9 Å². The first kappa shape index (κ1) is 21.9. The van der Waals surface area contributed by atoms with E-state index in [1.165, 1.54) is 11.3 Å². The zero-order chi connectivity index (χ0) is 20.8. The van der Waals surface area contributed by atoms with E-state index in [0.717, 1.165) is 61.3 Å². The Morgan fingerprint density at radius 1 is 1.17 bits per heavy atom. The Kier molecular flexibility index (Phi) is 7.77. The average Bonchev–Trinajstić information content (AvgIpc) is 3.05. The molecule has 0 aliphatic carbocycles. The van der Waals surface area contributed by atoms with Crippen LogP contribution in [-0.2, 0) is 11.3 Å². The number of carbonyl (C=O) groups excluding carboxylic acids is 1. The first-order valence-electron chi connectivity index (χ1n) is 10.1. The summed E-state index contributed by atoms with van der Waals surface area (Å²) in [4.78, 5) is 27.9. The Morgan fingerprint density at radius 3 is 2.62 bits per heavy atom. The summed E-state index contributed by atoms with van der Waals surface area (Å²) in [6.07, 6.45) is 2.07. The number of nitrogens with one attached hydrogen (secondary N) is 1. The molecule has 1 N–H and O–H groups in total. The molecule has 3 rings (SSSR count). The largest absolute Gasteiger partial charge is 0.480 e. The van der Waals surface area contributed by atoms with Crippen LogP contribution in [-0.4, -0.2) is 86.2 Å². The van der Waals surface area contributed by atoms with Crippen molar-refractivity contribution >= 4 is 27.5 Å². The van der Waals surface area contributed by atoms with Gasteiger partial charge in [0, 0.05) is 39.8 Å². The Hall–Kier alpha value is -1.81. The van der Waals surface area contributed by atoms with Crippen LogP contribution in [0.15, 0.2) is 0 Å². The second kappa shape index (κ2) is 10.3. The topological polar surface area (TPSA) is 79.8 Å². The number of rotatable bonds is 9. The highest BCUT2D eigenvalue weighted by molar-refractivity contribution is 7.20. The van der Waals surface area contributed by atoms with Gasteiger partial charge in [0.1, 0.15) is 11.4 Å². The summed E-state index contributed by atoms with van der Waals surface area (Å²) < 4.78 is 10.6.